The molecular weight excluding hydrogens is 162 g/mol. The molecule has 0 bridgehead atoms. The average Bonchev–Trinajstić information content (AvgIpc) is 2.66. The first kappa shape index (κ1) is 8.25. The predicted octanol–water partition coefficient (Wildman–Crippen LogP) is 2.00. The fraction of sp³-hybridized carbons (Fsp3) is 1.00. The quantitative estimate of drug-likeness (QED) is 0.566. The predicted molar refractivity (Wildman–Crippen MR) is 51.4 cm³/mol. The van der Waals surface area contributed by atoms with Crippen molar-refractivity contribution in [3.05, 3.63) is 0 Å². The summed E-state index contributed by atoms with van der Waals surface area (Å²) in [4.78, 5) is 2.66. The topological polar surface area (TPSA) is 12.5 Å². The summed E-state index contributed by atoms with van der Waals surface area (Å²) in [5.74, 6) is 1.00. The fourth-order valence-electron chi connectivity index (χ4n) is 3.65. The van der Waals surface area contributed by atoms with E-state index in [2.05, 4.69) is 11.8 Å². The van der Waals surface area contributed by atoms with Crippen molar-refractivity contribution in [2.24, 2.45) is 5.92 Å². The van der Waals surface area contributed by atoms with Crippen LogP contribution in [0.25, 0.3) is 0 Å². The molecule has 13 heavy (non-hydrogen) atoms. The molecule has 3 aliphatic rings. The van der Waals surface area contributed by atoms with Gasteiger partial charge in [-0.2, -0.15) is 0 Å². The van der Waals surface area contributed by atoms with Crippen LogP contribution in [0.2, 0.25) is 0 Å². The molecule has 0 N–H and O–H groups in total. The van der Waals surface area contributed by atoms with Gasteiger partial charge in [-0.3, -0.25) is 4.90 Å². The molecule has 0 aromatic heterocycles. The molecule has 2 unspecified atom stereocenters. The summed E-state index contributed by atoms with van der Waals surface area (Å²) in [6.07, 6.45) is 7.63. The molecule has 0 aromatic carbocycles. The Morgan fingerprint density at radius 3 is 3.00 bits per heavy atom. The van der Waals surface area contributed by atoms with Crippen molar-refractivity contribution in [2.75, 3.05) is 6.61 Å². The summed E-state index contributed by atoms with van der Waals surface area (Å²) in [5.41, 5.74) is 0. The molecular formula is C11H19NO. The number of nitrogens with zero attached hydrogens (tertiary/aromatic N) is 1. The Morgan fingerprint density at radius 1 is 1.23 bits per heavy atom. The highest BCUT2D eigenvalue weighted by Crippen LogP contribution is 2.43. The van der Waals surface area contributed by atoms with Crippen LogP contribution < -0.4 is 0 Å². The second kappa shape index (κ2) is 2.96. The summed E-state index contributed by atoms with van der Waals surface area (Å²) >= 11 is 0. The maximum atomic E-state index is 5.69. The Bertz CT molecular complexity index is 204. The van der Waals surface area contributed by atoms with Crippen molar-refractivity contribution in [1.82, 2.24) is 4.90 Å². The van der Waals surface area contributed by atoms with E-state index < -0.39 is 0 Å². The van der Waals surface area contributed by atoms with Gasteiger partial charge in [0.15, 0.2) is 0 Å². The number of rotatable bonds is 0. The number of ether oxygens (including phenoxy) is 1. The maximum Gasteiger partial charge on any atom is 0.108 e. The van der Waals surface area contributed by atoms with Gasteiger partial charge in [-0.25, -0.2) is 0 Å². The fourth-order valence-corrected chi connectivity index (χ4v) is 3.65. The third-order valence-corrected chi connectivity index (χ3v) is 4.20. The van der Waals surface area contributed by atoms with Crippen molar-refractivity contribution in [3.63, 3.8) is 0 Å². The Kier molecular flexibility index (Phi) is 1.88. The van der Waals surface area contributed by atoms with Crippen LogP contribution in [0.1, 0.15) is 39.0 Å². The van der Waals surface area contributed by atoms with Gasteiger partial charge in [0.05, 0.1) is 6.61 Å². The van der Waals surface area contributed by atoms with E-state index in [1.54, 1.807) is 0 Å². The molecule has 0 amide bonds. The van der Waals surface area contributed by atoms with Crippen molar-refractivity contribution in [3.8, 4) is 0 Å². The third-order valence-electron chi connectivity index (χ3n) is 4.20. The molecule has 2 heteroatoms. The zero-order valence-electron chi connectivity index (χ0n) is 8.41. The highest BCUT2D eigenvalue weighted by molar-refractivity contribution is 4.98. The van der Waals surface area contributed by atoms with Gasteiger partial charge in [0.25, 0.3) is 0 Å². The smallest absolute Gasteiger partial charge is 0.108 e. The van der Waals surface area contributed by atoms with Crippen LogP contribution in [0.3, 0.4) is 0 Å². The lowest BCUT2D eigenvalue weighted by molar-refractivity contribution is 0.0146. The summed E-state index contributed by atoms with van der Waals surface area (Å²) < 4.78 is 5.69. The van der Waals surface area contributed by atoms with E-state index in [9.17, 15) is 0 Å². The van der Waals surface area contributed by atoms with Crippen LogP contribution in [0.5, 0.6) is 0 Å². The first-order valence-electron chi connectivity index (χ1n) is 5.75. The van der Waals surface area contributed by atoms with Crippen LogP contribution in [0.15, 0.2) is 0 Å². The van der Waals surface area contributed by atoms with Crippen molar-refractivity contribution in [2.45, 2.75) is 57.3 Å². The van der Waals surface area contributed by atoms with E-state index in [1.165, 1.54) is 32.1 Å². The minimum atomic E-state index is 0.401. The average molecular weight is 181 g/mol. The SMILES string of the molecule is CC1OCC2C[C@@H]3CCCC[C@@H]3N21. The van der Waals surface area contributed by atoms with Gasteiger partial charge in [0.1, 0.15) is 6.23 Å². The van der Waals surface area contributed by atoms with E-state index >= 15 is 0 Å². The molecule has 3 fully saturated rings. The Balaban J connectivity index is 1.81. The molecule has 2 aliphatic heterocycles. The van der Waals surface area contributed by atoms with E-state index in [0.717, 1.165) is 24.6 Å². The lowest BCUT2D eigenvalue weighted by Crippen LogP contribution is -2.40. The number of fused-ring (bicyclic) bond motifs is 3. The van der Waals surface area contributed by atoms with Gasteiger partial charge in [-0.1, -0.05) is 12.8 Å². The minimum Gasteiger partial charge on any atom is -0.362 e. The summed E-state index contributed by atoms with van der Waals surface area (Å²) in [6, 6.07) is 1.64. The minimum absolute atomic E-state index is 0.401. The molecule has 2 heterocycles. The van der Waals surface area contributed by atoms with E-state index in [1.807, 2.05) is 0 Å². The van der Waals surface area contributed by atoms with E-state index in [4.69, 9.17) is 4.74 Å². The molecule has 1 saturated carbocycles. The van der Waals surface area contributed by atoms with Crippen LogP contribution in [-0.2, 0) is 4.74 Å². The van der Waals surface area contributed by atoms with Crippen LogP contribution >= 0.6 is 0 Å². The third kappa shape index (κ3) is 1.15. The molecule has 2 saturated heterocycles. The second-order valence-corrected chi connectivity index (χ2v) is 4.88. The lowest BCUT2D eigenvalue weighted by Gasteiger charge is -2.32. The van der Waals surface area contributed by atoms with Crippen LogP contribution in [-0.4, -0.2) is 29.8 Å². The van der Waals surface area contributed by atoms with Crippen LogP contribution in [0.4, 0.5) is 0 Å². The molecule has 4 atom stereocenters. The highest BCUT2D eigenvalue weighted by Gasteiger charge is 2.47. The summed E-state index contributed by atoms with van der Waals surface area (Å²) in [7, 11) is 0. The first-order chi connectivity index (χ1) is 6.36. The van der Waals surface area contributed by atoms with Gasteiger partial charge in [0.2, 0.25) is 0 Å². The van der Waals surface area contributed by atoms with Gasteiger partial charge < -0.3 is 4.74 Å². The molecule has 0 spiro atoms. The Labute approximate surface area is 80.2 Å². The molecule has 3 rings (SSSR count). The molecule has 0 aromatic rings. The Morgan fingerprint density at radius 2 is 2.08 bits per heavy atom. The van der Waals surface area contributed by atoms with E-state index in [0.29, 0.717) is 6.23 Å². The van der Waals surface area contributed by atoms with Gasteiger partial charge in [-0.05, 0) is 32.1 Å². The molecule has 0 radical (unpaired) electrons. The first-order valence-corrected chi connectivity index (χ1v) is 5.75. The summed E-state index contributed by atoms with van der Waals surface area (Å²) in [5, 5.41) is 0. The largest absolute Gasteiger partial charge is 0.362 e. The zero-order valence-corrected chi connectivity index (χ0v) is 8.41. The van der Waals surface area contributed by atoms with Crippen molar-refractivity contribution in [1.29, 1.82) is 0 Å². The molecule has 1 aliphatic carbocycles. The second-order valence-electron chi connectivity index (χ2n) is 4.88. The van der Waals surface area contributed by atoms with E-state index in [-0.39, 0.29) is 0 Å². The molecule has 2 nitrogen and oxygen atoms in total. The summed E-state index contributed by atoms with van der Waals surface area (Å²) in [6.45, 7) is 3.21. The maximum absolute atomic E-state index is 5.69. The van der Waals surface area contributed by atoms with Crippen molar-refractivity contribution >= 4 is 0 Å². The van der Waals surface area contributed by atoms with Gasteiger partial charge in [-0.15, -0.1) is 0 Å². The van der Waals surface area contributed by atoms with Crippen molar-refractivity contribution < 1.29 is 4.74 Å². The monoisotopic (exact) mass is 181 g/mol. The number of hydrogen-bond acceptors (Lipinski definition) is 2. The Hall–Kier alpha value is -0.0800. The van der Waals surface area contributed by atoms with Crippen LogP contribution in [0, 0.1) is 5.92 Å². The normalized spacial score (nSPS) is 50.5. The zero-order chi connectivity index (χ0) is 8.84. The van der Waals surface area contributed by atoms with Gasteiger partial charge >= 0.3 is 0 Å². The standard InChI is InChI=1S/C11H19NO/c1-8-12-10(7-13-8)6-9-4-2-3-5-11(9)12/h8-11H,2-7H2,1H3/t8?,9-,10?,11-/m0/s1. The highest BCUT2D eigenvalue weighted by atomic mass is 16.5. The van der Waals surface area contributed by atoms with Gasteiger partial charge in [0, 0.05) is 12.1 Å². The lowest BCUT2D eigenvalue weighted by atomic mass is 9.84. The molecule has 74 valence electrons. The number of hydrogen-bond donors (Lipinski definition) is 0.